The van der Waals surface area contributed by atoms with Crippen molar-refractivity contribution >= 4 is 11.7 Å². The Morgan fingerprint density at radius 1 is 1.32 bits per heavy atom. The van der Waals surface area contributed by atoms with Crippen LogP contribution in [0.1, 0.15) is 29.2 Å². The molecule has 0 saturated heterocycles. The van der Waals surface area contributed by atoms with Gasteiger partial charge in [-0.15, -0.1) is 0 Å². The van der Waals surface area contributed by atoms with Gasteiger partial charge in [-0.05, 0) is 30.0 Å². The number of carbonyl (C=O) groups excluding carboxylic acids is 1. The number of hydrogen-bond donors (Lipinski definition) is 2. The first-order valence-corrected chi connectivity index (χ1v) is 7.69. The van der Waals surface area contributed by atoms with Crippen LogP contribution in [-0.4, -0.2) is 23.0 Å². The van der Waals surface area contributed by atoms with E-state index in [2.05, 4.69) is 5.32 Å². The number of rotatable bonds is 2. The van der Waals surface area contributed by atoms with Crippen LogP contribution in [0, 0.1) is 0 Å². The first-order valence-electron chi connectivity index (χ1n) is 7.69. The second-order valence-electron chi connectivity index (χ2n) is 5.92. The molecule has 3 rings (SSSR count). The summed E-state index contributed by atoms with van der Waals surface area (Å²) >= 11 is 0. The molecule has 0 saturated carbocycles. The van der Waals surface area contributed by atoms with Crippen LogP contribution < -0.4 is 10.9 Å². The monoisotopic (exact) mass is 351 g/mol. The van der Waals surface area contributed by atoms with Crippen molar-refractivity contribution in [3.05, 3.63) is 63.6 Å². The maximum atomic E-state index is 12.8. The summed E-state index contributed by atoms with van der Waals surface area (Å²) in [5.41, 5.74) is -0.0991. The van der Waals surface area contributed by atoms with E-state index in [1.807, 2.05) is 29.2 Å². The number of nitrogens with zero attached hydrogens (tertiary/aromatic N) is 1. The molecular formula is C17H16F3N3O2. The van der Waals surface area contributed by atoms with Gasteiger partial charge in [0.2, 0.25) is 0 Å². The normalized spacial score (nSPS) is 16.4. The van der Waals surface area contributed by atoms with Crippen LogP contribution in [0.15, 0.2) is 41.3 Å². The van der Waals surface area contributed by atoms with Crippen molar-refractivity contribution in [2.45, 2.75) is 25.1 Å². The number of fused-ring (bicyclic) bond motifs is 1. The minimum absolute atomic E-state index is 0.180. The number of H-pyrrole nitrogens is 1. The summed E-state index contributed by atoms with van der Waals surface area (Å²) in [6.07, 6.45) is -2.49. The number of aryl methyl sites for hydroxylation is 1. The van der Waals surface area contributed by atoms with Gasteiger partial charge in [0, 0.05) is 13.2 Å². The van der Waals surface area contributed by atoms with Gasteiger partial charge in [0.1, 0.15) is 5.69 Å². The van der Waals surface area contributed by atoms with Crippen LogP contribution >= 0.6 is 0 Å². The fraction of sp³-hybridized carbons (Fsp3) is 0.294. The summed E-state index contributed by atoms with van der Waals surface area (Å²) in [5, 5.41) is 2.27. The van der Waals surface area contributed by atoms with Gasteiger partial charge < -0.3 is 15.2 Å². The lowest BCUT2D eigenvalue weighted by Crippen LogP contribution is -2.35. The molecule has 1 aromatic heterocycles. The third-order valence-electron chi connectivity index (χ3n) is 4.36. The Kier molecular flexibility index (Phi) is 4.28. The molecule has 1 heterocycles. The summed E-state index contributed by atoms with van der Waals surface area (Å²) < 4.78 is 38.3. The number of halogens is 3. The molecule has 2 amide bonds. The van der Waals surface area contributed by atoms with Crippen molar-refractivity contribution in [3.8, 4) is 0 Å². The quantitative estimate of drug-likeness (QED) is 0.869. The highest BCUT2D eigenvalue weighted by molar-refractivity contribution is 5.89. The van der Waals surface area contributed by atoms with Gasteiger partial charge in [-0.1, -0.05) is 24.3 Å². The SMILES string of the molecule is CN(C(=O)Nc1cc(C(F)(F)F)c[nH]c1=O)[C@H]1CCc2ccccc21. The number of pyridine rings is 1. The Bertz CT molecular complexity index is 861. The Morgan fingerprint density at radius 3 is 2.76 bits per heavy atom. The molecule has 0 fully saturated rings. The first-order chi connectivity index (χ1) is 11.8. The number of nitrogens with one attached hydrogen (secondary N) is 2. The number of amides is 2. The predicted octanol–water partition coefficient (Wildman–Crippen LogP) is 3.54. The molecule has 0 spiro atoms. The zero-order chi connectivity index (χ0) is 18.2. The number of urea groups is 1. The highest BCUT2D eigenvalue weighted by atomic mass is 19.4. The smallest absolute Gasteiger partial charge is 0.327 e. The third kappa shape index (κ3) is 3.38. The topological polar surface area (TPSA) is 65.2 Å². The fourth-order valence-corrected chi connectivity index (χ4v) is 3.02. The average molecular weight is 351 g/mol. The van der Waals surface area contributed by atoms with Crippen molar-refractivity contribution < 1.29 is 18.0 Å². The minimum atomic E-state index is -4.61. The predicted molar refractivity (Wildman–Crippen MR) is 86.4 cm³/mol. The van der Waals surface area contributed by atoms with E-state index in [1.54, 1.807) is 7.05 Å². The summed E-state index contributed by atoms with van der Waals surface area (Å²) in [7, 11) is 1.56. The number of carbonyl (C=O) groups is 1. The molecular weight excluding hydrogens is 335 g/mol. The molecule has 0 radical (unpaired) electrons. The van der Waals surface area contributed by atoms with Crippen molar-refractivity contribution in [1.29, 1.82) is 0 Å². The van der Waals surface area contributed by atoms with Crippen LogP contribution in [0.4, 0.5) is 23.7 Å². The zero-order valence-electron chi connectivity index (χ0n) is 13.4. The number of aromatic amines is 1. The van der Waals surface area contributed by atoms with E-state index in [-0.39, 0.29) is 6.04 Å². The second-order valence-corrected chi connectivity index (χ2v) is 5.92. The molecule has 0 bridgehead atoms. The van der Waals surface area contributed by atoms with E-state index in [9.17, 15) is 22.8 Å². The van der Waals surface area contributed by atoms with E-state index in [4.69, 9.17) is 0 Å². The Hall–Kier alpha value is -2.77. The van der Waals surface area contributed by atoms with E-state index >= 15 is 0 Å². The van der Waals surface area contributed by atoms with Gasteiger partial charge in [0.15, 0.2) is 0 Å². The van der Waals surface area contributed by atoms with Crippen molar-refractivity contribution in [1.82, 2.24) is 9.88 Å². The summed E-state index contributed by atoms with van der Waals surface area (Å²) in [6, 6.07) is 7.52. The second kappa shape index (κ2) is 6.27. The lowest BCUT2D eigenvalue weighted by atomic mass is 10.1. The zero-order valence-corrected chi connectivity index (χ0v) is 13.4. The van der Waals surface area contributed by atoms with E-state index < -0.39 is 29.0 Å². The standard InChI is InChI=1S/C17H16F3N3O2/c1-23(14-7-6-10-4-2-3-5-12(10)14)16(25)22-13-8-11(17(18,19)20)9-21-15(13)24/h2-5,8-9,14H,6-7H2,1H3,(H,21,24)(H,22,25)/t14-/m0/s1. The molecule has 25 heavy (non-hydrogen) atoms. The number of anilines is 1. The molecule has 5 nitrogen and oxygen atoms in total. The molecule has 1 atom stereocenters. The highest BCUT2D eigenvalue weighted by Gasteiger charge is 2.32. The molecule has 0 unspecified atom stereocenters. The van der Waals surface area contributed by atoms with Crippen LogP contribution in [0.25, 0.3) is 0 Å². The van der Waals surface area contributed by atoms with Crippen molar-refractivity contribution in [3.63, 3.8) is 0 Å². The molecule has 132 valence electrons. The summed E-state index contributed by atoms with van der Waals surface area (Å²) in [5.74, 6) is 0. The Balaban J connectivity index is 1.80. The third-order valence-corrected chi connectivity index (χ3v) is 4.36. The van der Waals surface area contributed by atoms with E-state index in [0.717, 1.165) is 24.0 Å². The largest absolute Gasteiger partial charge is 0.417 e. The summed E-state index contributed by atoms with van der Waals surface area (Å²) in [4.78, 5) is 27.5. The molecule has 1 aliphatic carbocycles. The number of aromatic nitrogens is 1. The van der Waals surface area contributed by atoms with Crippen LogP contribution in [-0.2, 0) is 12.6 Å². The number of benzene rings is 1. The van der Waals surface area contributed by atoms with Crippen LogP contribution in [0.2, 0.25) is 0 Å². The van der Waals surface area contributed by atoms with Crippen molar-refractivity contribution in [2.75, 3.05) is 12.4 Å². The van der Waals surface area contributed by atoms with E-state index in [1.165, 1.54) is 4.90 Å². The Morgan fingerprint density at radius 2 is 2.04 bits per heavy atom. The minimum Gasteiger partial charge on any atom is -0.327 e. The van der Waals surface area contributed by atoms with Gasteiger partial charge in [0.05, 0.1) is 11.6 Å². The van der Waals surface area contributed by atoms with Gasteiger partial charge >= 0.3 is 12.2 Å². The van der Waals surface area contributed by atoms with Gasteiger partial charge in [0.25, 0.3) is 5.56 Å². The highest BCUT2D eigenvalue weighted by Crippen LogP contribution is 2.35. The fourth-order valence-electron chi connectivity index (χ4n) is 3.02. The van der Waals surface area contributed by atoms with Gasteiger partial charge in [-0.25, -0.2) is 4.79 Å². The number of alkyl halides is 3. The maximum Gasteiger partial charge on any atom is 0.417 e. The lowest BCUT2D eigenvalue weighted by Gasteiger charge is -2.25. The van der Waals surface area contributed by atoms with Gasteiger partial charge in [-0.2, -0.15) is 13.2 Å². The Labute approximate surface area is 141 Å². The molecule has 2 aromatic rings. The molecule has 2 N–H and O–H groups in total. The molecule has 0 aliphatic heterocycles. The first kappa shape index (κ1) is 17.1. The number of hydrogen-bond acceptors (Lipinski definition) is 2. The molecule has 1 aromatic carbocycles. The van der Waals surface area contributed by atoms with Gasteiger partial charge in [-0.3, -0.25) is 4.79 Å². The average Bonchev–Trinajstić information content (AvgIpc) is 2.99. The van der Waals surface area contributed by atoms with Crippen LogP contribution in [0.3, 0.4) is 0 Å². The van der Waals surface area contributed by atoms with Crippen molar-refractivity contribution in [2.24, 2.45) is 0 Å². The van der Waals surface area contributed by atoms with E-state index in [0.29, 0.717) is 12.3 Å². The summed E-state index contributed by atoms with van der Waals surface area (Å²) in [6.45, 7) is 0. The maximum absolute atomic E-state index is 12.8. The van der Waals surface area contributed by atoms with Crippen LogP contribution in [0.5, 0.6) is 0 Å². The molecule has 1 aliphatic rings. The lowest BCUT2D eigenvalue weighted by molar-refractivity contribution is -0.137. The molecule has 8 heteroatoms.